The number of hydrogen-bond donors (Lipinski definition) is 2. The molecule has 3 N–H and O–H groups in total. The largest absolute Gasteiger partial charge is 0.494 e. The quantitative estimate of drug-likeness (QED) is 0.875. The fraction of sp³-hybridized carbons (Fsp3) is 0.267. The van der Waals surface area contributed by atoms with E-state index in [9.17, 15) is 4.79 Å². The highest BCUT2D eigenvalue weighted by Crippen LogP contribution is 2.22. The van der Waals surface area contributed by atoms with Gasteiger partial charge >= 0.3 is 0 Å². The van der Waals surface area contributed by atoms with E-state index in [0.29, 0.717) is 19.0 Å². The fourth-order valence-electron chi connectivity index (χ4n) is 1.86. The van der Waals surface area contributed by atoms with Crippen LogP contribution in [0.25, 0.3) is 11.4 Å². The number of carbonyl (C=O) groups is 1. The highest BCUT2D eigenvalue weighted by Gasteiger charge is 2.12. The first-order chi connectivity index (χ1) is 10.2. The van der Waals surface area contributed by atoms with E-state index in [-0.39, 0.29) is 17.3 Å². The Morgan fingerprint density at radius 2 is 2.19 bits per heavy atom. The van der Waals surface area contributed by atoms with Gasteiger partial charge in [0.2, 0.25) is 0 Å². The zero-order valence-electron chi connectivity index (χ0n) is 12.1. The van der Waals surface area contributed by atoms with Gasteiger partial charge in [0, 0.05) is 18.3 Å². The fourth-order valence-corrected chi connectivity index (χ4v) is 1.86. The van der Waals surface area contributed by atoms with Gasteiger partial charge in [-0.3, -0.25) is 4.79 Å². The number of nitrogens with two attached hydrogens (primary N) is 1. The highest BCUT2D eigenvalue weighted by molar-refractivity contribution is 5.98. The van der Waals surface area contributed by atoms with Crippen LogP contribution in [-0.2, 0) is 0 Å². The third-order valence-corrected chi connectivity index (χ3v) is 2.80. The molecule has 6 heteroatoms. The Hall–Kier alpha value is -2.63. The summed E-state index contributed by atoms with van der Waals surface area (Å²) in [7, 11) is 0. The number of nitrogens with one attached hydrogen (secondary N) is 1. The molecule has 0 atom stereocenters. The van der Waals surface area contributed by atoms with E-state index in [1.165, 1.54) is 6.20 Å². The molecule has 1 amide bonds. The molecule has 0 fully saturated rings. The maximum atomic E-state index is 11.8. The molecule has 2 aromatic rings. The normalized spacial score (nSPS) is 10.2. The van der Waals surface area contributed by atoms with Crippen LogP contribution in [0.3, 0.4) is 0 Å². The molecule has 110 valence electrons. The zero-order valence-corrected chi connectivity index (χ0v) is 12.1. The molecule has 1 aromatic carbocycles. The van der Waals surface area contributed by atoms with Crippen molar-refractivity contribution in [2.75, 3.05) is 18.9 Å². The van der Waals surface area contributed by atoms with Crippen LogP contribution in [-0.4, -0.2) is 29.0 Å². The maximum absolute atomic E-state index is 11.8. The molecule has 0 spiro atoms. The van der Waals surface area contributed by atoms with Crippen molar-refractivity contribution in [2.24, 2.45) is 0 Å². The topological polar surface area (TPSA) is 90.1 Å². The van der Waals surface area contributed by atoms with E-state index in [4.69, 9.17) is 10.5 Å². The van der Waals surface area contributed by atoms with Gasteiger partial charge in [-0.2, -0.15) is 0 Å². The molecule has 0 aliphatic carbocycles. The summed E-state index contributed by atoms with van der Waals surface area (Å²) in [5, 5.41) is 2.67. The Labute approximate surface area is 123 Å². The van der Waals surface area contributed by atoms with Crippen molar-refractivity contribution < 1.29 is 9.53 Å². The summed E-state index contributed by atoms with van der Waals surface area (Å²) in [6, 6.07) is 7.42. The molecule has 1 heterocycles. The van der Waals surface area contributed by atoms with Crippen molar-refractivity contribution in [1.29, 1.82) is 0 Å². The monoisotopic (exact) mass is 286 g/mol. The van der Waals surface area contributed by atoms with E-state index < -0.39 is 0 Å². The minimum Gasteiger partial charge on any atom is -0.494 e. The minimum absolute atomic E-state index is 0.160. The van der Waals surface area contributed by atoms with Crippen molar-refractivity contribution in [3.05, 3.63) is 36.0 Å². The number of carbonyl (C=O) groups excluding carboxylic acids is 1. The second-order valence-electron chi connectivity index (χ2n) is 4.31. The minimum atomic E-state index is -0.274. The lowest BCUT2D eigenvalue weighted by molar-refractivity contribution is 0.0956. The summed E-state index contributed by atoms with van der Waals surface area (Å²) >= 11 is 0. The van der Waals surface area contributed by atoms with Gasteiger partial charge in [0.1, 0.15) is 11.6 Å². The molecule has 1 aromatic heterocycles. The van der Waals surface area contributed by atoms with Crippen molar-refractivity contribution in [3.8, 4) is 17.1 Å². The Bertz CT molecular complexity index is 643. The average Bonchev–Trinajstić information content (AvgIpc) is 2.48. The van der Waals surface area contributed by atoms with Crippen LogP contribution in [0, 0.1) is 0 Å². The lowest BCUT2D eigenvalue weighted by atomic mass is 10.2. The summed E-state index contributed by atoms with van der Waals surface area (Å²) in [5.74, 6) is 1.09. The zero-order chi connectivity index (χ0) is 15.2. The predicted octanol–water partition coefficient (Wildman–Crippen LogP) is 1.87. The standard InChI is InChI=1S/C15H18N4O2/c1-3-17-15(20)12-9-18-14(19-13(12)16)10-6-5-7-11(8-10)21-4-2/h5-9H,3-4H2,1-2H3,(H,17,20)(H2,16,18,19). The Balaban J connectivity index is 2.31. The van der Waals surface area contributed by atoms with Gasteiger partial charge in [-0.05, 0) is 26.0 Å². The maximum Gasteiger partial charge on any atom is 0.256 e. The lowest BCUT2D eigenvalue weighted by Gasteiger charge is -2.08. The number of amides is 1. The van der Waals surface area contributed by atoms with Gasteiger partial charge in [0.05, 0.1) is 12.2 Å². The van der Waals surface area contributed by atoms with Crippen LogP contribution >= 0.6 is 0 Å². The molecular formula is C15H18N4O2. The second kappa shape index (κ2) is 6.69. The molecule has 0 saturated carbocycles. The molecule has 21 heavy (non-hydrogen) atoms. The average molecular weight is 286 g/mol. The Kier molecular flexibility index (Phi) is 4.71. The number of rotatable bonds is 5. The molecule has 0 bridgehead atoms. The first-order valence-electron chi connectivity index (χ1n) is 6.79. The second-order valence-corrected chi connectivity index (χ2v) is 4.31. The van der Waals surface area contributed by atoms with Crippen LogP contribution in [0.15, 0.2) is 30.5 Å². The first kappa shape index (κ1) is 14.8. The van der Waals surface area contributed by atoms with E-state index in [0.717, 1.165) is 11.3 Å². The number of nitrogens with zero attached hydrogens (tertiary/aromatic N) is 2. The van der Waals surface area contributed by atoms with Crippen molar-refractivity contribution >= 4 is 11.7 Å². The molecule has 0 unspecified atom stereocenters. The van der Waals surface area contributed by atoms with Crippen molar-refractivity contribution in [1.82, 2.24) is 15.3 Å². The Morgan fingerprint density at radius 1 is 1.38 bits per heavy atom. The number of anilines is 1. The molecule has 2 rings (SSSR count). The predicted molar refractivity (Wildman–Crippen MR) is 81.1 cm³/mol. The number of ether oxygens (including phenoxy) is 1. The molecule has 6 nitrogen and oxygen atoms in total. The molecule has 0 aliphatic rings. The third kappa shape index (κ3) is 3.47. The van der Waals surface area contributed by atoms with E-state index >= 15 is 0 Å². The first-order valence-corrected chi connectivity index (χ1v) is 6.79. The summed E-state index contributed by atoms with van der Waals surface area (Å²) in [4.78, 5) is 20.2. The van der Waals surface area contributed by atoms with Gasteiger partial charge in [-0.15, -0.1) is 0 Å². The third-order valence-electron chi connectivity index (χ3n) is 2.80. The molecule has 0 radical (unpaired) electrons. The number of nitrogen functional groups attached to an aromatic ring is 1. The van der Waals surface area contributed by atoms with Gasteiger partial charge in [0.15, 0.2) is 5.82 Å². The van der Waals surface area contributed by atoms with Crippen LogP contribution < -0.4 is 15.8 Å². The van der Waals surface area contributed by atoms with Crippen molar-refractivity contribution in [3.63, 3.8) is 0 Å². The summed E-state index contributed by atoms with van der Waals surface area (Å²) in [6.45, 7) is 4.86. The van der Waals surface area contributed by atoms with E-state index in [1.54, 1.807) is 0 Å². The van der Waals surface area contributed by atoms with Crippen molar-refractivity contribution in [2.45, 2.75) is 13.8 Å². The van der Waals surface area contributed by atoms with E-state index in [2.05, 4.69) is 15.3 Å². The number of benzene rings is 1. The van der Waals surface area contributed by atoms with Crippen LogP contribution in [0.1, 0.15) is 24.2 Å². The van der Waals surface area contributed by atoms with E-state index in [1.807, 2.05) is 38.1 Å². The summed E-state index contributed by atoms with van der Waals surface area (Å²) in [6.07, 6.45) is 1.44. The molecular weight excluding hydrogens is 268 g/mol. The van der Waals surface area contributed by atoms with Crippen LogP contribution in [0.2, 0.25) is 0 Å². The Morgan fingerprint density at radius 3 is 2.86 bits per heavy atom. The summed E-state index contributed by atoms with van der Waals surface area (Å²) in [5.41, 5.74) is 6.91. The van der Waals surface area contributed by atoms with Crippen LogP contribution in [0.5, 0.6) is 5.75 Å². The van der Waals surface area contributed by atoms with Gasteiger partial charge in [0.25, 0.3) is 5.91 Å². The van der Waals surface area contributed by atoms with Gasteiger partial charge in [-0.1, -0.05) is 12.1 Å². The highest BCUT2D eigenvalue weighted by atomic mass is 16.5. The molecule has 0 aliphatic heterocycles. The lowest BCUT2D eigenvalue weighted by Crippen LogP contribution is -2.24. The summed E-state index contributed by atoms with van der Waals surface area (Å²) < 4.78 is 5.44. The number of aromatic nitrogens is 2. The number of hydrogen-bond acceptors (Lipinski definition) is 5. The van der Waals surface area contributed by atoms with Gasteiger partial charge in [-0.25, -0.2) is 9.97 Å². The smallest absolute Gasteiger partial charge is 0.256 e. The SMILES string of the molecule is CCNC(=O)c1cnc(-c2cccc(OCC)c2)nc1N. The van der Waals surface area contributed by atoms with Gasteiger partial charge < -0.3 is 15.8 Å². The van der Waals surface area contributed by atoms with Crippen LogP contribution in [0.4, 0.5) is 5.82 Å². The molecule has 0 saturated heterocycles.